The number of nitro groups is 1. The van der Waals surface area contributed by atoms with Gasteiger partial charge in [-0.15, -0.1) is 0 Å². The van der Waals surface area contributed by atoms with Crippen LogP contribution < -0.4 is 16.6 Å². The molecule has 7 nitrogen and oxygen atoms in total. The van der Waals surface area contributed by atoms with Crippen molar-refractivity contribution in [2.24, 2.45) is 5.84 Å². The molecule has 2 aromatic carbocycles. The second-order valence-electron chi connectivity index (χ2n) is 4.10. The Morgan fingerprint density at radius 1 is 1.14 bits per heavy atom. The molecule has 0 bridgehead atoms. The fourth-order valence-electron chi connectivity index (χ4n) is 1.65. The van der Waals surface area contributed by atoms with Gasteiger partial charge in [-0.05, 0) is 36.4 Å². The lowest BCUT2D eigenvalue weighted by Gasteiger charge is -2.06. The summed E-state index contributed by atoms with van der Waals surface area (Å²) in [5, 5.41) is 13.4. The second kappa shape index (κ2) is 6.21. The van der Waals surface area contributed by atoms with Crippen LogP contribution in [0, 0.1) is 10.1 Å². The molecule has 0 spiro atoms. The van der Waals surface area contributed by atoms with Crippen LogP contribution in [0.2, 0.25) is 5.02 Å². The van der Waals surface area contributed by atoms with Crippen LogP contribution in [0.25, 0.3) is 0 Å². The lowest BCUT2D eigenvalue weighted by atomic mass is 10.2. The number of nitrogens with one attached hydrogen (secondary N) is 2. The Kier molecular flexibility index (Phi) is 4.36. The van der Waals surface area contributed by atoms with Gasteiger partial charge < -0.3 is 10.7 Å². The predicted molar refractivity (Wildman–Crippen MR) is 80.3 cm³/mol. The molecule has 0 unspecified atom stereocenters. The van der Waals surface area contributed by atoms with Gasteiger partial charge in [0.15, 0.2) is 0 Å². The number of anilines is 2. The van der Waals surface area contributed by atoms with Gasteiger partial charge in [0.2, 0.25) is 0 Å². The average Bonchev–Trinajstić information content (AvgIpc) is 2.49. The van der Waals surface area contributed by atoms with Crippen LogP contribution in [-0.2, 0) is 0 Å². The van der Waals surface area contributed by atoms with E-state index in [9.17, 15) is 14.9 Å². The van der Waals surface area contributed by atoms with Crippen LogP contribution in [0.4, 0.5) is 17.1 Å². The van der Waals surface area contributed by atoms with Crippen molar-refractivity contribution in [3.8, 4) is 0 Å². The zero-order valence-corrected chi connectivity index (χ0v) is 11.4. The van der Waals surface area contributed by atoms with E-state index < -0.39 is 10.8 Å². The first-order valence-corrected chi connectivity index (χ1v) is 6.21. The Hall–Kier alpha value is -2.64. The lowest BCUT2D eigenvalue weighted by molar-refractivity contribution is -0.384. The molecule has 0 fully saturated rings. The van der Waals surface area contributed by atoms with Gasteiger partial charge in [0.05, 0.1) is 4.92 Å². The van der Waals surface area contributed by atoms with E-state index in [1.807, 2.05) is 0 Å². The maximum Gasteiger partial charge on any atom is 0.289 e. The molecule has 0 atom stereocenters. The van der Waals surface area contributed by atoms with Crippen molar-refractivity contribution < 1.29 is 9.72 Å². The maximum absolute atomic E-state index is 12.0. The third-order valence-electron chi connectivity index (χ3n) is 2.71. The largest absolute Gasteiger partial charge is 0.324 e. The smallest absolute Gasteiger partial charge is 0.289 e. The summed E-state index contributed by atoms with van der Waals surface area (Å²) < 4.78 is 0. The van der Waals surface area contributed by atoms with Crippen LogP contribution in [0.15, 0.2) is 42.5 Å². The highest BCUT2D eigenvalue weighted by Gasteiger charge is 2.14. The fraction of sp³-hybridized carbons (Fsp3) is 0. The van der Waals surface area contributed by atoms with E-state index in [2.05, 4.69) is 10.7 Å². The number of nitro benzene ring substituents is 1. The molecule has 108 valence electrons. The van der Waals surface area contributed by atoms with Crippen molar-refractivity contribution >= 4 is 34.6 Å². The number of halogens is 1. The summed E-state index contributed by atoms with van der Waals surface area (Å²) in [5.74, 6) is 4.84. The number of hydrazine groups is 1. The molecule has 0 radical (unpaired) electrons. The van der Waals surface area contributed by atoms with Gasteiger partial charge in [-0.25, -0.2) is 0 Å². The SMILES string of the molecule is NNc1ccc(C(=O)Nc2ccc(Cl)c([N+](=O)[O-])c2)cc1. The molecular weight excluding hydrogens is 296 g/mol. The Morgan fingerprint density at radius 3 is 2.33 bits per heavy atom. The van der Waals surface area contributed by atoms with Crippen molar-refractivity contribution in [3.63, 3.8) is 0 Å². The number of carbonyl (C=O) groups is 1. The molecule has 0 aliphatic rings. The Morgan fingerprint density at radius 2 is 1.76 bits per heavy atom. The van der Waals surface area contributed by atoms with Gasteiger partial charge in [0.25, 0.3) is 11.6 Å². The maximum atomic E-state index is 12.0. The Balaban J connectivity index is 2.19. The summed E-state index contributed by atoms with van der Waals surface area (Å²) in [6, 6.07) is 10.5. The number of nitrogens with zero attached hydrogens (tertiary/aromatic N) is 1. The number of rotatable bonds is 4. The molecule has 0 saturated heterocycles. The van der Waals surface area contributed by atoms with Crippen molar-refractivity contribution in [1.82, 2.24) is 0 Å². The second-order valence-corrected chi connectivity index (χ2v) is 4.51. The number of carbonyl (C=O) groups excluding carboxylic acids is 1. The summed E-state index contributed by atoms with van der Waals surface area (Å²) in [6.07, 6.45) is 0. The number of hydrogen-bond acceptors (Lipinski definition) is 5. The third-order valence-corrected chi connectivity index (χ3v) is 3.03. The Bertz CT molecular complexity index is 688. The molecule has 21 heavy (non-hydrogen) atoms. The number of hydrogen-bond donors (Lipinski definition) is 3. The lowest BCUT2D eigenvalue weighted by Crippen LogP contribution is -2.12. The molecule has 0 aromatic heterocycles. The molecule has 1 amide bonds. The minimum Gasteiger partial charge on any atom is -0.324 e. The van der Waals surface area contributed by atoms with Crippen molar-refractivity contribution in [2.75, 3.05) is 10.7 Å². The van der Waals surface area contributed by atoms with Crippen LogP contribution in [0.5, 0.6) is 0 Å². The molecule has 8 heteroatoms. The van der Waals surface area contributed by atoms with Crippen LogP contribution in [0.3, 0.4) is 0 Å². The highest BCUT2D eigenvalue weighted by atomic mass is 35.5. The zero-order chi connectivity index (χ0) is 15.4. The van der Waals surface area contributed by atoms with Crippen LogP contribution in [-0.4, -0.2) is 10.8 Å². The summed E-state index contributed by atoms with van der Waals surface area (Å²) in [5.41, 5.74) is 3.53. The first-order chi connectivity index (χ1) is 10.0. The van der Waals surface area contributed by atoms with E-state index in [4.69, 9.17) is 17.4 Å². The monoisotopic (exact) mass is 306 g/mol. The van der Waals surface area contributed by atoms with Crippen molar-refractivity contribution in [3.05, 3.63) is 63.2 Å². The molecular formula is C13H11ClN4O3. The van der Waals surface area contributed by atoms with Gasteiger partial charge in [-0.1, -0.05) is 11.6 Å². The molecule has 0 heterocycles. The molecule has 2 rings (SSSR count). The summed E-state index contributed by atoms with van der Waals surface area (Å²) >= 11 is 5.70. The van der Waals surface area contributed by atoms with E-state index in [1.165, 1.54) is 18.2 Å². The topological polar surface area (TPSA) is 110 Å². The minimum absolute atomic E-state index is 0.0105. The molecule has 4 N–H and O–H groups in total. The van der Waals surface area contributed by atoms with E-state index in [0.29, 0.717) is 11.3 Å². The number of benzene rings is 2. The summed E-state index contributed by atoms with van der Waals surface area (Å²) in [4.78, 5) is 22.2. The predicted octanol–water partition coefficient (Wildman–Crippen LogP) is 2.79. The number of nitrogen functional groups attached to an aromatic ring is 1. The van der Waals surface area contributed by atoms with E-state index in [0.717, 1.165) is 0 Å². The molecule has 0 saturated carbocycles. The zero-order valence-electron chi connectivity index (χ0n) is 10.7. The van der Waals surface area contributed by atoms with Crippen molar-refractivity contribution in [1.29, 1.82) is 0 Å². The molecule has 0 aliphatic carbocycles. The summed E-state index contributed by atoms with van der Waals surface area (Å²) in [6.45, 7) is 0. The fourth-order valence-corrected chi connectivity index (χ4v) is 1.84. The highest BCUT2D eigenvalue weighted by Crippen LogP contribution is 2.27. The summed E-state index contributed by atoms with van der Waals surface area (Å²) in [7, 11) is 0. The van der Waals surface area contributed by atoms with Crippen LogP contribution in [0.1, 0.15) is 10.4 Å². The van der Waals surface area contributed by atoms with E-state index in [-0.39, 0.29) is 16.4 Å². The average molecular weight is 307 g/mol. The first-order valence-electron chi connectivity index (χ1n) is 5.83. The molecule has 2 aromatic rings. The van der Waals surface area contributed by atoms with Crippen LogP contribution >= 0.6 is 11.6 Å². The van der Waals surface area contributed by atoms with E-state index >= 15 is 0 Å². The van der Waals surface area contributed by atoms with Gasteiger partial charge in [-0.3, -0.25) is 20.8 Å². The van der Waals surface area contributed by atoms with Gasteiger partial charge >= 0.3 is 0 Å². The van der Waals surface area contributed by atoms with E-state index in [1.54, 1.807) is 24.3 Å². The van der Waals surface area contributed by atoms with Gasteiger partial charge in [0, 0.05) is 23.0 Å². The normalized spacial score (nSPS) is 10.0. The number of nitrogens with two attached hydrogens (primary N) is 1. The first kappa shape index (κ1) is 14.8. The third kappa shape index (κ3) is 3.47. The number of amides is 1. The van der Waals surface area contributed by atoms with Gasteiger partial charge in [-0.2, -0.15) is 0 Å². The Labute approximate surface area is 124 Å². The van der Waals surface area contributed by atoms with Gasteiger partial charge in [0.1, 0.15) is 5.02 Å². The minimum atomic E-state index is -0.611. The standard InChI is InChI=1S/C13H11ClN4O3/c14-11-6-5-10(7-12(11)18(20)21)16-13(19)8-1-3-9(17-15)4-2-8/h1-7,17H,15H2,(H,16,19). The quantitative estimate of drug-likeness (QED) is 0.457. The molecule has 0 aliphatic heterocycles. The van der Waals surface area contributed by atoms with Crippen molar-refractivity contribution in [2.45, 2.75) is 0 Å². The highest BCUT2D eigenvalue weighted by molar-refractivity contribution is 6.32.